The summed E-state index contributed by atoms with van der Waals surface area (Å²) in [7, 11) is 1.90. The molecule has 3 nitrogen and oxygen atoms in total. The predicted molar refractivity (Wildman–Crippen MR) is 71.6 cm³/mol. The zero-order valence-corrected chi connectivity index (χ0v) is 10.9. The van der Waals surface area contributed by atoms with Gasteiger partial charge >= 0.3 is 0 Å². The van der Waals surface area contributed by atoms with Crippen LogP contribution in [0.2, 0.25) is 0 Å². The third-order valence-electron chi connectivity index (χ3n) is 2.10. The molecule has 2 N–H and O–H groups in total. The van der Waals surface area contributed by atoms with E-state index in [9.17, 15) is 0 Å². The Morgan fingerprint density at radius 1 is 1.47 bits per heavy atom. The molecule has 0 fully saturated rings. The Labute approximate surface area is 106 Å². The summed E-state index contributed by atoms with van der Waals surface area (Å²) in [6, 6.07) is 0. The minimum atomic E-state index is 0. The van der Waals surface area contributed by atoms with Crippen LogP contribution in [0.5, 0.6) is 0 Å². The average molecular weight is 268 g/mol. The lowest BCUT2D eigenvalue weighted by Gasteiger charge is -2.11. The number of hydrogen-bond donors (Lipinski definition) is 2. The highest BCUT2D eigenvalue weighted by Gasteiger charge is 2.08. The van der Waals surface area contributed by atoms with E-state index in [1.165, 1.54) is 10.5 Å². The first-order chi connectivity index (χ1) is 6.40. The van der Waals surface area contributed by atoms with Crippen LogP contribution in [0.4, 0.5) is 5.13 Å². The van der Waals surface area contributed by atoms with Gasteiger partial charge < -0.3 is 10.6 Å². The molecular formula is C9H15Cl2N3S. The summed E-state index contributed by atoms with van der Waals surface area (Å²) in [6.07, 6.45) is 5.31. The van der Waals surface area contributed by atoms with E-state index in [0.29, 0.717) is 0 Å². The first-order valence-electron chi connectivity index (χ1n) is 4.44. The summed E-state index contributed by atoms with van der Waals surface area (Å²) in [4.78, 5) is 5.55. The molecule has 0 saturated carbocycles. The summed E-state index contributed by atoms with van der Waals surface area (Å²) in [5.41, 5.74) is 1.43. The zero-order chi connectivity index (χ0) is 9.10. The monoisotopic (exact) mass is 267 g/mol. The van der Waals surface area contributed by atoms with Crippen LogP contribution in [0.25, 0.3) is 5.57 Å². The average Bonchev–Trinajstić information content (AvgIpc) is 2.67. The lowest BCUT2D eigenvalue weighted by atomic mass is 10.1. The molecule has 0 aliphatic carbocycles. The first kappa shape index (κ1) is 14.7. The molecule has 15 heavy (non-hydrogen) atoms. The fraction of sp³-hybridized carbons (Fsp3) is 0.444. The molecule has 0 bridgehead atoms. The van der Waals surface area contributed by atoms with Gasteiger partial charge in [-0.3, -0.25) is 0 Å². The van der Waals surface area contributed by atoms with Crippen molar-refractivity contribution < 1.29 is 0 Å². The van der Waals surface area contributed by atoms with Crippen molar-refractivity contribution in [2.24, 2.45) is 0 Å². The Balaban J connectivity index is 0.000000980. The molecule has 1 aromatic heterocycles. The molecule has 6 heteroatoms. The van der Waals surface area contributed by atoms with E-state index >= 15 is 0 Å². The number of nitrogens with one attached hydrogen (secondary N) is 2. The van der Waals surface area contributed by atoms with Crippen LogP contribution in [-0.4, -0.2) is 25.1 Å². The van der Waals surface area contributed by atoms with E-state index in [2.05, 4.69) is 21.7 Å². The molecule has 1 aromatic rings. The predicted octanol–water partition coefficient (Wildman–Crippen LogP) is 2.41. The number of halogens is 2. The summed E-state index contributed by atoms with van der Waals surface area (Å²) in [6.45, 7) is 2.07. The summed E-state index contributed by atoms with van der Waals surface area (Å²) < 4.78 is 0. The second-order valence-electron chi connectivity index (χ2n) is 2.96. The zero-order valence-electron chi connectivity index (χ0n) is 8.45. The molecule has 0 atom stereocenters. The number of hydrogen-bond acceptors (Lipinski definition) is 4. The van der Waals surface area contributed by atoms with Crippen molar-refractivity contribution in [3.05, 3.63) is 17.2 Å². The molecule has 1 aliphatic heterocycles. The maximum absolute atomic E-state index is 4.26. The van der Waals surface area contributed by atoms with E-state index in [0.717, 1.165) is 24.6 Å². The van der Waals surface area contributed by atoms with E-state index in [-0.39, 0.29) is 24.8 Å². The molecule has 0 amide bonds. The van der Waals surface area contributed by atoms with E-state index in [1.54, 1.807) is 11.3 Å². The number of rotatable bonds is 2. The third-order valence-corrected chi connectivity index (χ3v) is 3.19. The summed E-state index contributed by atoms with van der Waals surface area (Å²) in [5.74, 6) is 0. The summed E-state index contributed by atoms with van der Waals surface area (Å²) >= 11 is 1.72. The molecule has 2 heterocycles. The maximum Gasteiger partial charge on any atom is 0.182 e. The van der Waals surface area contributed by atoms with Crippen molar-refractivity contribution in [3.8, 4) is 0 Å². The van der Waals surface area contributed by atoms with Crippen molar-refractivity contribution in [3.63, 3.8) is 0 Å². The van der Waals surface area contributed by atoms with Crippen molar-refractivity contribution in [2.45, 2.75) is 6.42 Å². The van der Waals surface area contributed by atoms with Gasteiger partial charge in [0.25, 0.3) is 0 Å². The molecule has 0 saturated heterocycles. The molecule has 0 unspecified atom stereocenters. The summed E-state index contributed by atoms with van der Waals surface area (Å²) in [5, 5.41) is 7.34. The minimum absolute atomic E-state index is 0. The fourth-order valence-corrected chi connectivity index (χ4v) is 2.22. The molecule has 0 radical (unpaired) electrons. The van der Waals surface area contributed by atoms with Crippen LogP contribution in [0.15, 0.2) is 12.3 Å². The Hall–Kier alpha value is -0.290. The van der Waals surface area contributed by atoms with Gasteiger partial charge in [0.05, 0.1) is 4.88 Å². The van der Waals surface area contributed by atoms with Gasteiger partial charge in [0.15, 0.2) is 5.13 Å². The number of thiazole rings is 1. The largest absolute Gasteiger partial charge is 0.365 e. The quantitative estimate of drug-likeness (QED) is 0.864. The van der Waals surface area contributed by atoms with Crippen LogP contribution >= 0.6 is 36.2 Å². The number of nitrogens with zero attached hydrogens (tertiary/aromatic N) is 1. The lowest BCUT2D eigenvalue weighted by Crippen LogP contribution is -2.19. The van der Waals surface area contributed by atoms with Crippen molar-refractivity contribution >= 4 is 46.9 Å². The number of anilines is 1. The van der Waals surface area contributed by atoms with Crippen molar-refractivity contribution in [1.29, 1.82) is 0 Å². The van der Waals surface area contributed by atoms with E-state index < -0.39 is 0 Å². The highest BCUT2D eigenvalue weighted by molar-refractivity contribution is 7.16. The Kier molecular flexibility index (Phi) is 6.92. The highest BCUT2D eigenvalue weighted by atomic mass is 35.5. The Morgan fingerprint density at radius 3 is 2.80 bits per heavy atom. The molecule has 0 aromatic carbocycles. The van der Waals surface area contributed by atoms with Gasteiger partial charge in [-0.25, -0.2) is 4.98 Å². The van der Waals surface area contributed by atoms with E-state index in [4.69, 9.17) is 0 Å². The molecule has 0 spiro atoms. The molecular weight excluding hydrogens is 253 g/mol. The topological polar surface area (TPSA) is 37.0 Å². The fourth-order valence-electron chi connectivity index (χ4n) is 1.38. The van der Waals surface area contributed by atoms with Crippen LogP contribution in [0.1, 0.15) is 11.3 Å². The second kappa shape index (κ2) is 7.06. The van der Waals surface area contributed by atoms with Crippen LogP contribution in [0.3, 0.4) is 0 Å². The number of aromatic nitrogens is 1. The molecule has 2 rings (SSSR count). The Bertz CT molecular complexity index is 325. The highest BCUT2D eigenvalue weighted by Crippen LogP contribution is 2.27. The second-order valence-corrected chi connectivity index (χ2v) is 3.99. The van der Waals surface area contributed by atoms with Gasteiger partial charge in [-0.15, -0.1) is 24.8 Å². The first-order valence-corrected chi connectivity index (χ1v) is 5.25. The maximum atomic E-state index is 4.26. The minimum Gasteiger partial charge on any atom is -0.365 e. The van der Waals surface area contributed by atoms with Crippen LogP contribution in [0, 0.1) is 0 Å². The van der Waals surface area contributed by atoms with Gasteiger partial charge in [-0.2, -0.15) is 0 Å². The standard InChI is InChI=1S/C9H13N3S.2ClH/c1-10-9-12-6-8(13-9)7-2-4-11-5-3-7;;/h2,6,11H,3-5H2,1H3,(H,10,12);2*1H. The SMILES string of the molecule is CNc1ncc(C2=CCNCC2)s1.Cl.Cl. The van der Waals surface area contributed by atoms with Crippen LogP contribution < -0.4 is 10.6 Å². The van der Waals surface area contributed by atoms with Gasteiger partial charge in [0.2, 0.25) is 0 Å². The Morgan fingerprint density at radius 2 is 2.27 bits per heavy atom. The normalized spacial score (nSPS) is 14.6. The third kappa shape index (κ3) is 3.65. The van der Waals surface area contributed by atoms with E-state index in [1.807, 2.05) is 13.2 Å². The van der Waals surface area contributed by atoms with Gasteiger partial charge in [-0.05, 0) is 18.5 Å². The van der Waals surface area contributed by atoms with Crippen molar-refractivity contribution in [1.82, 2.24) is 10.3 Å². The van der Waals surface area contributed by atoms with Gasteiger partial charge in [-0.1, -0.05) is 17.4 Å². The van der Waals surface area contributed by atoms with Gasteiger partial charge in [0, 0.05) is 19.8 Å². The smallest absolute Gasteiger partial charge is 0.182 e. The molecule has 1 aliphatic rings. The lowest BCUT2D eigenvalue weighted by molar-refractivity contribution is 0.739. The molecule has 86 valence electrons. The van der Waals surface area contributed by atoms with Gasteiger partial charge in [0.1, 0.15) is 0 Å². The van der Waals surface area contributed by atoms with Crippen LogP contribution in [-0.2, 0) is 0 Å². The van der Waals surface area contributed by atoms with Crippen molar-refractivity contribution in [2.75, 3.05) is 25.5 Å².